The van der Waals surface area contributed by atoms with Crippen molar-refractivity contribution in [2.45, 2.75) is 32.8 Å². The van der Waals surface area contributed by atoms with Gasteiger partial charge in [-0.1, -0.05) is 35.9 Å². The van der Waals surface area contributed by atoms with Crippen molar-refractivity contribution in [3.8, 4) is 5.75 Å². The van der Waals surface area contributed by atoms with Crippen molar-refractivity contribution in [2.75, 3.05) is 13.1 Å². The number of hydrogen-bond donors (Lipinski definition) is 0. The summed E-state index contributed by atoms with van der Waals surface area (Å²) < 4.78 is 6.03. The molecular formula is C20H23NO2. The molecule has 0 unspecified atom stereocenters. The number of rotatable bonds is 3. The molecule has 120 valence electrons. The highest BCUT2D eigenvalue weighted by molar-refractivity contribution is 5.95. The molecule has 1 fully saturated rings. The molecule has 2 aromatic rings. The molecule has 23 heavy (non-hydrogen) atoms. The minimum atomic E-state index is 0.136. The maximum Gasteiger partial charge on any atom is 0.254 e. The third-order valence-corrected chi connectivity index (χ3v) is 4.43. The Hall–Kier alpha value is -2.29. The van der Waals surface area contributed by atoms with Crippen LogP contribution < -0.4 is 4.74 Å². The SMILES string of the molecule is Cc1ccc(OC2CCN(C(=O)c3ccccc3C)CC2)cc1. The van der Waals surface area contributed by atoms with Crippen molar-refractivity contribution in [3.05, 3.63) is 65.2 Å². The summed E-state index contributed by atoms with van der Waals surface area (Å²) in [5.74, 6) is 1.05. The molecule has 1 saturated heterocycles. The topological polar surface area (TPSA) is 29.5 Å². The van der Waals surface area contributed by atoms with Gasteiger partial charge < -0.3 is 9.64 Å². The summed E-state index contributed by atoms with van der Waals surface area (Å²) in [4.78, 5) is 14.5. The van der Waals surface area contributed by atoms with E-state index in [9.17, 15) is 4.79 Å². The van der Waals surface area contributed by atoms with Gasteiger partial charge in [0.05, 0.1) is 0 Å². The molecule has 2 aromatic carbocycles. The summed E-state index contributed by atoms with van der Waals surface area (Å²) in [5, 5.41) is 0. The van der Waals surface area contributed by atoms with E-state index in [1.54, 1.807) is 0 Å². The zero-order valence-electron chi connectivity index (χ0n) is 13.8. The van der Waals surface area contributed by atoms with Gasteiger partial charge >= 0.3 is 0 Å². The van der Waals surface area contributed by atoms with Crippen LogP contribution in [0.3, 0.4) is 0 Å². The van der Waals surface area contributed by atoms with E-state index in [2.05, 4.69) is 19.1 Å². The summed E-state index contributed by atoms with van der Waals surface area (Å²) in [7, 11) is 0. The van der Waals surface area contributed by atoms with E-state index in [0.29, 0.717) is 0 Å². The normalized spacial score (nSPS) is 15.5. The second-order valence-electron chi connectivity index (χ2n) is 6.24. The summed E-state index contributed by atoms with van der Waals surface area (Å²) in [6.45, 7) is 5.56. The summed E-state index contributed by atoms with van der Waals surface area (Å²) >= 11 is 0. The van der Waals surface area contributed by atoms with Gasteiger partial charge in [-0.3, -0.25) is 4.79 Å². The average Bonchev–Trinajstić information content (AvgIpc) is 2.57. The van der Waals surface area contributed by atoms with Gasteiger partial charge in [-0.15, -0.1) is 0 Å². The molecule has 1 aliphatic rings. The maximum atomic E-state index is 12.6. The zero-order valence-corrected chi connectivity index (χ0v) is 13.8. The van der Waals surface area contributed by atoms with E-state index in [-0.39, 0.29) is 12.0 Å². The molecule has 0 aliphatic carbocycles. The first-order valence-electron chi connectivity index (χ1n) is 8.22. The van der Waals surface area contributed by atoms with Gasteiger partial charge in [-0.05, 0) is 37.6 Å². The molecule has 0 radical (unpaired) electrons. The molecule has 0 bridgehead atoms. The molecule has 0 atom stereocenters. The lowest BCUT2D eigenvalue weighted by Crippen LogP contribution is -2.42. The quantitative estimate of drug-likeness (QED) is 0.858. The van der Waals surface area contributed by atoms with Crippen LogP contribution in [-0.2, 0) is 0 Å². The smallest absolute Gasteiger partial charge is 0.254 e. The number of piperidine rings is 1. The Kier molecular flexibility index (Phi) is 4.65. The lowest BCUT2D eigenvalue weighted by molar-refractivity contribution is 0.0595. The number of ether oxygens (including phenoxy) is 1. The van der Waals surface area contributed by atoms with Crippen LogP contribution in [-0.4, -0.2) is 30.0 Å². The third kappa shape index (κ3) is 3.73. The lowest BCUT2D eigenvalue weighted by Gasteiger charge is -2.32. The molecule has 0 N–H and O–H groups in total. The van der Waals surface area contributed by atoms with Crippen LogP contribution in [0.2, 0.25) is 0 Å². The standard InChI is InChI=1S/C20H23NO2/c1-15-7-9-17(10-8-15)23-18-11-13-21(14-12-18)20(22)19-6-4-3-5-16(19)2/h3-10,18H,11-14H2,1-2H3. The van der Waals surface area contributed by atoms with Gasteiger partial charge in [-0.2, -0.15) is 0 Å². The predicted octanol–water partition coefficient (Wildman–Crippen LogP) is 3.99. The Balaban J connectivity index is 1.57. The van der Waals surface area contributed by atoms with E-state index < -0.39 is 0 Å². The van der Waals surface area contributed by atoms with Crippen molar-refractivity contribution in [1.29, 1.82) is 0 Å². The highest BCUT2D eigenvalue weighted by Gasteiger charge is 2.25. The van der Waals surface area contributed by atoms with E-state index >= 15 is 0 Å². The monoisotopic (exact) mass is 309 g/mol. The average molecular weight is 309 g/mol. The van der Waals surface area contributed by atoms with Crippen LogP contribution in [0.15, 0.2) is 48.5 Å². The van der Waals surface area contributed by atoms with E-state index in [1.165, 1.54) is 5.56 Å². The molecule has 1 heterocycles. The van der Waals surface area contributed by atoms with Crippen molar-refractivity contribution < 1.29 is 9.53 Å². The molecule has 3 rings (SSSR count). The van der Waals surface area contributed by atoms with E-state index in [1.807, 2.05) is 48.2 Å². The Morgan fingerprint density at radius 3 is 2.30 bits per heavy atom. The first-order chi connectivity index (χ1) is 11.1. The van der Waals surface area contributed by atoms with Gasteiger partial charge in [0.2, 0.25) is 0 Å². The first-order valence-corrected chi connectivity index (χ1v) is 8.22. The number of hydrogen-bond acceptors (Lipinski definition) is 2. The van der Waals surface area contributed by atoms with Gasteiger partial charge in [0.15, 0.2) is 0 Å². The summed E-state index contributed by atoms with van der Waals surface area (Å²) in [5.41, 5.74) is 3.08. The van der Waals surface area contributed by atoms with E-state index in [4.69, 9.17) is 4.74 Å². The van der Waals surface area contributed by atoms with Crippen LogP contribution in [0.4, 0.5) is 0 Å². The number of amides is 1. The number of carbonyl (C=O) groups is 1. The van der Waals surface area contributed by atoms with Crippen molar-refractivity contribution in [1.82, 2.24) is 4.90 Å². The number of aryl methyl sites for hydroxylation is 2. The van der Waals surface area contributed by atoms with Crippen LogP contribution in [0.25, 0.3) is 0 Å². The van der Waals surface area contributed by atoms with Crippen molar-refractivity contribution in [2.24, 2.45) is 0 Å². The van der Waals surface area contributed by atoms with E-state index in [0.717, 1.165) is 42.8 Å². The fourth-order valence-corrected chi connectivity index (χ4v) is 2.97. The van der Waals surface area contributed by atoms with Crippen LogP contribution >= 0.6 is 0 Å². The molecule has 3 heteroatoms. The largest absolute Gasteiger partial charge is 0.490 e. The second kappa shape index (κ2) is 6.86. The molecule has 1 amide bonds. The highest BCUT2D eigenvalue weighted by Crippen LogP contribution is 2.21. The van der Waals surface area contributed by atoms with Gasteiger partial charge in [-0.25, -0.2) is 0 Å². The number of likely N-dealkylation sites (tertiary alicyclic amines) is 1. The fourth-order valence-electron chi connectivity index (χ4n) is 2.97. The number of carbonyl (C=O) groups excluding carboxylic acids is 1. The van der Waals surface area contributed by atoms with Gasteiger partial charge in [0, 0.05) is 31.5 Å². The van der Waals surface area contributed by atoms with Gasteiger partial charge in [0.25, 0.3) is 5.91 Å². The van der Waals surface area contributed by atoms with Gasteiger partial charge in [0.1, 0.15) is 11.9 Å². The Morgan fingerprint density at radius 1 is 1.00 bits per heavy atom. The first kappa shape index (κ1) is 15.6. The molecular weight excluding hydrogens is 286 g/mol. The van der Waals surface area contributed by atoms with Crippen LogP contribution in [0.5, 0.6) is 5.75 Å². The van der Waals surface area contributed by atoms with Crippen molar-refractivity contribution in [3.63, 3.8) is 0 Å². The molecule has 0 spiro atoms. The summed E-state index contributed by atoms with van der Waals surface area (Å²) in [6, 6.07) is 15.9. The second-order valence-corrected chi connectivity index (χ2v) is 6.24. The number of benzene rings is 2. The Morgan fingerprint density at radius 2 is 1.65 bits per heavy atom. The Labute approximate surface area is 137 Å². The molecule has 1 aliphatic heterocycles. The fraction of sp³-hybridized carbons (Fsp3) is 0.350. The molecule has 3 nitrogen and oxygen atoms in total. The molecule has 0 aromatic heterocycles. The number of nitrogens with zero attached hydrogens (tertiary/aromatic N) is 1. The van der Waals surface area contributed by atoms with Crippen molar-refractivity contribution >= 4 is 5.91 Å². The van der Waals surface area contributed by atoms with Crippen LogP contribution in [0.1, 0.15) is 34.3 Å². The van der Waals surface area contributed by atoms with Crippen LogP contribution in [0, 0.1) is 13.8 Å². The zero-order chi connectivity index (χ0) is 16.2. The summed E-state index contributed by atoms with van der Waals surface area (Å²) in [6.07, 6.45) is 1.95. The minimum absolute atomic E-state index is 0.136. The molecule has 0 saturated carbocycles. The highest BCUT2D eigenvalue weighted by atomic mass is 16.5. The Bertz CT molecular complexity index is 670. The minimum Gasteiger partial charge on any atom is -0.490 e. The lowest BCUT2D eigenvalue weighted by atomic mass is 10.0. The maximum absolute atomic E-state index is 12.6. The predicted molar refractivity (Wildman–Crippen MR) is 91.9 cm³/mol. The third-order valence-electron chi connectivity index (χ3n) is 4.43.